The average Bonchev–Trinajstić information content (AvgIpc) is 2.41. The summed E-state index contributed by atoms with van der Waals surface area (Å²) in [6.45, 7) is 2.00. The number of aliphatic imine (C=N–C) groups is 1. The van der Waals surface area contributed by atoms with Crippen LogP contribution in [0.3, 0.4) is 0 Å². The second-order valence-corrected chi connectivity index (χ2v) is 5.79. The summed E-state index contributed by atoms with van der Waals surface area (Å²) in [5.74, 6) is 0. The zero-order valence-electron chi connectivity index (χ0n) is 11.9. The van der Waals surface area contributed by atoms with Gasteiger partial charge in [0.15, 0.2) is 0 Å². The van der Waals surface area contributed by atoms with Gasteiger partial charge in [0, 0.05) is 11.1 Å². The molecule has 0 N–H and O–H groups in total. The lowest BCUT2D eigenvalue weighted by Gasteiger charge is -2.30. The molecule has 0 aliphatic heterocycles. The van der Waals surface area contributed by atoms with Crippen LogP contribution >= 0.6 is 12.2 Å². The van der Waals surface area contributed by atoms with Crippen LogP contribution in [0, 0.1) is 0 Å². The van der Waals surface area contributed by atoms with Crippen molar-refractivity contribution in [2.45, 2.75) is 13.1 Å². The molecule has 2 nitrogen and oxygen atoms in total. The maximum absolute atomic E-state index is 4.61. The van der Waals surface area contributed by atoms with Crippen LogP contribution in [-0.4, -0.2) is 23.7 Å². The highest BCUT2D eigenvalue weighted by Crippen LogP contribution is 2.17. The standard InChI is InChI=1S/C17H19N2S/c1-19(2,12-15-6-4-3-5-7-15)13-16-8-10-17(11-9-16)18-14-20/h3-11H,12-13H2,1-2H3/q+1. The first-order valence-electron chi connectivity index (χ1n) is 6.62. The molecule has 0 amide bonds. The van der Waals surface area contributed by atoms with Crippen molar-refractivity contribution in [1.82, 2.24) is 0 Å². The highest BCUT2D eigenvalue weighted by Gasteiger charge is 2.16. The molecule has 0 aromatic heterocycles. The lowest BCUT2D eigenvalue weighted by atomic mass is 10.1. The zero-order valence-corrected chi connectivity index (χ0v) is 12.7. The third-order valence-corrected chi connectivity index (χ3v) is 3.27. The molecule has 0 bridgehead atoms. The predicted octanol–water partition coefficient (Wildman–Crippen LogP) is 4.20. The molecule has 0 aliphatic carbocycles. The van der Waals surface area contributed by atoms with Crippen molar-refractivity contribution in [2.75, 3.05) is 14.1 Å². The number of benzene rings is 2. The molecule has 2 aromatic carbocycles. The van der Waals surface area contributed by atoms with Crippen molar-refractivity contribution in [3.8, 4) is 0 Å². The van der Waals surface area contributed by atoms with Crippen molar-refractivity contribution in [2.24, 2.45) is 4.99 Å². The number of thiocarbonyl (C=S) groups is 1. The van der Waals surface area contributed by atoms with E-state index < -0.39 is 0 Å². The number of hydrogen-bond donors (Lipinski definition) is 0. The monoisotopic (exact) mass is 283 g/mol. The summed E-state index contributed by atoms with van der Waals surface area (Å²) in [6.07, 6.45) is 0. The Labute approximate surface area is 126 Å². The Morgan fingerprint density at radius 1 is 0.900 bits per heavy atom. The van der Waals surface area contributed by atoms with Crippen LogP contribution in [0.15, 0.2) is 59.6 Å². The van der Waals surface area contributed by atoms with Gasteiger partial charge in [0.2, 0.25) is 0 Å². The minimum atomic E-state index is 0.858. The van der Waals surface area contributed by atoms with Gasteiger partial charge in [-0.15, -0.1) is 0 Å². The fourth-order valence-electron chi connectivity index (χ4n) is 2.36. The van der Waals surface area contributed by atoms with Gasteiger partial charge < -0.3 is 4.48 Å². The smallest absolute Gasteiger partial charge is 0.104 e. The van der Waals surface area contributed by atoms with E-state index in [2.05, 4.69) is 78.9 Å². The van der Waals surface area contributed by atoms with Crippen molar-refractivity contribution >= 4 is 23.1 Å². The molecule has 2 aromatic rings. The lowest BCUT2D eigenvalue weighted by molar-refractivity contribution is -0.916. The molecule has 0 spiro atoms. The fourth-order valence-corrected chi connectivity index (χ4v) is 2.46. The van der Waals surface area contributed by atoms with E-state index in [1.807, 2.05) is 12.1 Å². The molecule has 0 saturated carbocycles. The van der Waals surface area contributed by atoms with Gasteiger partial charge in [-0.3, -0.25) is 0 Å². The molecule has 0 atom stereocenters. The van der Waals surface area contributed by atoms with Gasteiger partial charge >= 0.3 is 0 Å². The SMILES string of the molecule is C[N+](C)(Cc1ccccc1)Cc1ccc(N=C=S)cc1. The topological polar surface area (TPSA) is 12.4 Å². The van der Waals surface area contributed by atoms with Gasteiger partial charge in [-0.2, -0.15) is 4.99 Å². The quantitative estimate of drug-likeness (QED) is 0.455. The molecule has 0 unspecified atom stereocenters. The second kappa shape index (κ2) is 6.58. The number of quaternary nitrogens is 1. The predicted molar refractivity (Wildman–Crippen MR) is 87.1 cm³/mol. The van der Waals surface area contributed by atoms with Crippen LogP contribution in [-0.2, 0) is 13.1 Å². The van der Waals surface area contributed by atoms with Gasteiger partial charge in [-0.05, 0) is 24.4 Å². The second-order valence-electron chi connectivity index (χ2n) is 5.61. The van der Waals surface area contributed by atoms with Crippen LogP contribution in [0.2, 0.25) is 0 Å². The molecule has 2 rings (SSSR count). The Balaban J connectivity index is 2.05. The summed E-state index contributed by atoms with van der Waals surface area (Å²) in [4.78, 5) is 3.97. The van der Waals surface area contributed by atoms with Crippen LogP contribution in [0.25, 0.3) is 0 Å². The Morgan fingerprint density at radius 3 is 2.00 bits per heavy atom. The average molecular weight is 283 g/mol. The first kappa shape index (κ1) is 14.6. The molecule has 0 saturated heterocycles. The molecule has 3 heteroatoms. The number of hydrogen-bond acceptors (Lipinski definition) is 2. The zero-order chi connectivity index (χ0) is 14.4. The minimum absolute atomic E-state index is 0.858. The Kier molecular flexibility index (Phi) is 4.80. The highest BCUT2D eigenvalue weighted by atomic mass is 32.1. The molecule has 0 aliphatic rings. The highest BCUT2D eigenvalue weighted by molar-refractivity contribution is 7.78. The van der Waals surface area contributed by atoms with Gasteiger partial charge in [0.1, 0.15) is 13.1 Å². The molecule has 102 valence electrons. The van der Waals surface area contributed by atoms with E-state index in [1.165, 1.54) is 11.1 Å². The van der Waals surface area contributed by atoms with Gasteiger partial charge in [-0.1, -0.05) is 42.5 Å². The Morgan fingerprint density at radius 2 is 1.45 bits per heavy atom. The van der Waals surface area contributed by atoms with E-state index in [9.17, 15) is 0 Å². The lowest BCUT2D eigenvalue weighted by Crippen LogP contribution is -2.37. The Hall–Kier alpha value is -1.80. The van der Waals surface area contributed by atoms with E-state index in [4.69, 9.17) is 0 Å². The summed E-state index contributed by atoms with van der Waals surface area (Å²) in [6, 6.07) is 18.8. The largest absolute Gasteiger partial charge is 0.321 e. The molecule has 20 heavy (non-hydrogen) atoms. The molecular formula is C17H19N2S+. The summed E-state index contributed by atoms with van der Waals surface area (Å²) in [5, 5.41) is 2.39. The number of isothiocyanates is 1. The minimum Gasteiger partial charge on any atom is -0.321 e. The van der Waals surface area contributed by atoms with Crippen LogP contribution in [0.5, 0.6) is 0 Å². The van der Waals surface area contributed by atoms with E-state index >= 15 is 0 Å². The molecule has 0 fully saturated rings. The fraction of sp³-hybridized carbons (Fsp3) is 0.235. The maximum Gasteiger partial charge on any atom is 0.104 e. The van der Waals surface area contributed by atoms with Crippen molar-refractivity contribution in [1.29, 1.82) is 0 Å². The number of rotatable bonds is 5. The van der Waals surface area contributed by atoms with Crippen molar-refractivity contribution in [3.05, 3.63) is 65.7 Å². The maximum atomic E-state index is 4.61. The van der Waals surface area contributed by atoms with Gasteiger partial charge in [-0.25, -0.2) is 0 Å². The van der Waals surface area contributed by atoms with Crippen molar-refractivity contribution < 1.29 is 4.48 Å². The van der Waals surface area contributed by atoms with E-state index in [1.54, 1.807) is 0 Å². The van der Waals surface area contributed by atoms with E-state index in [0.29, 0.717) is 0 Å². The third kappa shape index (κ3) is 4.39. The normalized spacial score (nSPS) is 10.9. The molecular weight excluding hydrogens is 264 g/mol. The van der Waals surface area contributed by atoms with E-state index in [-0.39, 0.29) is 0 Å². The first-order valence-corrected chi connectivity index (χ1v) is 7.03. The first-order chi connectivity index (χ1) is 9.59. The van der Waals surface area contributed by atoms with Crippen LogP contribution < -0.4 is 0 Å². The summed E-state index contributed by atoms with van der Waals surface area (Å²) >= 11 is 4.61. The molecule has 0 heterocycles. The molecule has 0 radical (unpaired) electrons. The number of nitrogens with zero attached hydrogens (tertiary/aromatic N) is 2. The van der Waals surface area contributed by atoms with Crippen molar-refractivity contribution in [3.63, 3.8) is 0 Å². The third-order valence-electron chi connectivity index (χ3n) is 3.18. The Bertz CT molecular complexity index is 597. The van der Waals surface area contributed by atoms with Crippen LogP contribution in [0.1, 0.15) is 11.1 Å². The van der Waals surface area contributed by atoms with Gasteiger partial charge in [0.05, 0.1) is 24.9 Å². The summed E-state index contributed by atoms with van der Waals surface area (Å²) in [5.41, 5.74) is 3.52. The van der Waals surface area contributed by atoms with Gasteiger partial charge in [0.25, 0.3) is 0 Å². The van der Waals surface area contributed by atoms with E-state index in [0.717, 1.165) is 23.3 Å². The summed E-state index contributed by atoms with van der Waals surface area (Å²) in [7, 11) is 4.49. The van der Waals surface area contributed by atoms with Crippen LogP contribution in [0.4, 0.5) is 5.69 Å². The summed E-state index contributed by atoms with van der Waals surface area (Å²) < 4.78 is 0.916.